The van der Waals surface area contributed by atoms with Gasteiger partial charge in [-0.2, -0.15) is 20.2 Å². The second-order valence-corrected chi connectivity index (χ2v) is 23.4. The van der Waals surface area contributed by atoms with Gasteiger partial charge in [-0.15, -0.1) is 0 Å². The van der Waals surface area contributed by atoms with Crippen LogP contribution >= 0.6 is 0 Å². The van der Waals surface area contributed by atoms with Gasteiger partial charge in [0.05, 0.1) is 35.2 Å². The lowest BCUT2D eigenvalue weighted by Gasteiger charge is -2.26. The molecular formula is C59H72N16O6. The monoisotopic (exact) mass is 1100 g/mol. The molecule has 0 spiro atoms. The van der Waals surface area contributed by atoms with Crippen molar-refractivity contribution in [1.29, 1.82) is 0 Å². The minimum atomic E-state index is -0.634. The zero-order valence-corrected chi connectivity index (χ0v) is 48.1. The van der Waals surface area contributed by atoms with Gasteiger partial charge in [0.1, 0.15) is 5.60 Å². The summed E-state index contributed by atoms with van der Waals surface area (Å²) in [6.07, 6.45) is 12.3. The Labute approximate surface area is 471 Å². The zero-order chi connectivity index (χ0) is 57.6. The number of Topliss-reactive ketones (excluding diaryl/α,β-unsaturated/α-hetero) is 2. The number of anilines is 4. The molecule has 3 N–H and O–H groups in total. The highest BCUT2D eigenvalue weighted by atomic mass is 16.6. The highest BCUT2D eigenvalue weighted by molar-refractivity contribution is 5.93. The van der Waals surface area contributed by atoms with Crippen molar-refractivity contribution in [1.82, 2.24) is 70.0 Å². The van der Waals surface area contributed by atoms with E-state index in [0.29, 0.717) is 49.6 Å². The van der Waals surface area contributed by atoms with Gasteiger partial charge in [0.25, 0.3) is 0 Å². The quantitative estimate of drug-likeness (QED) is 0.0854. The van der Waals surface area contributed by atoms with Gasteiger partial charge in [-0.25, -0.2) is 24.7 Å². The molecule has 81 heavy (non-hydrogen) atoms. The molecule has 2 aliphatic heterocycles. The zero-order valence-electron chi connectivity index (χ0n) is 48.1. The first kappa shape index (κ1) is 57.2. The van der Waals surface area contributed by atoms with E-state index in [0.717, 1.165) is 83.2 Å². The highest BCUT2D eigenvalue weighted by Gasteiger charge is 2.33. The molecule has 0 bridgehead atoms. The maximum Gasteiger partial charge on any atom is 0.410 e. The van der Waals surface area contributed by atoms with Gasteiger partial charge in [-0.1, -0.05) is 76.1 Å². The summed E-state index contributed by atoms with van der Waals surface area (Å²) < 4.78 is 20.1. The van der Waals surface area contributed by atoms with Crippen molar-refractivity contribution >= 4 is 40.9 Å². The van der Waals surface area contributed by atoms with Crippen LogP contribution in [0.1, 0.15) is 169 Å². The van der Waals surface area contributed by atoms with Gasteiger partial charge in [0.2, 0.25) is 46.9 Å². The number of nitrogens with zero attached hydrogens (tertiary/aromatic N) is 13. The van der Waals surface area contributed by atoms with Crippen LogP contribution in [0.3, 0.4) is 0 Å². The third kappa shape index (κ3) is 14.5. The summed E-state index contributed by atoms with van der Waals surface area (Å²) >= 11 is 0. The number of hydrogen-bond acceptors (Lipinski definition) is 19. The van der Waals surface area contributed by atoms with Gasteiger partial charge < -0.3 is 34.6 Å². The molecule has 6 aromatic heterocycles. The molecule has 424 valence electrons. The number of nitrogens with one attached hydrogen (secondary N) is 3. The van der Waals surface area contributed by atoms with E-state index in [4.69, 9.17) is 23.8 Å². The number of aromatic nitrogens is 12. The lowest BCUT2D eigenvalue weighted by atomic mass is 9.87. The fraction of sp³-hybridized carbons (Fsp3) is 0.441. The SMILES string of the molecule is CCn1cc(Nc2nccc(-c3ccc4c(c3)CN(C(=O)OC(C)(C)C)CCC4CC(=O)c3noc(C(C)(C)C)n3)n2)cn1.CCn1cc(Nc2nccc(-c3ccc4c(c3)CNCCC4CC(=O)c3noc(C(C)(C)C)n3)n2)cn1. The predicted octanol–water partition coefficient (Wildman–Crippen LogP) is 10.9. The molecule has 8 aromatic rings. The minimum absolute atomic E-state index is 0.0702. The standard InChI is InChI=1S/C32H40N8O4.C27H32N8O2/c1-8-40-19-23(17-34-40)35-29-33-13-11-25(36-29)21-9-10-24-20(16-26(41)27-37-28(44-38-27)31(2,3)4)12-14-39(18-22(24)15-21)30(42)43-32(5,6)7;1-5-35-16-20(15-30-35)31-26-29-11-9-22(32-26)18-6-7-21-17(8-10-28-14-19(21)12-18)13-23(36)24-33-25(37-34-24)27(2,3)4/h9-11,13,15,17,19-20H,8,12,14,16,18H2,1-7H3,(H,33,35,36);6-7,9,11-12,15-17,28H,5,8,10,13-14H2,1-4H3,(H,29,31,32). The average Bonchev–Trinajstić information content (AvgIpc) is 4.46. The maximum absolute atomic E-state index is 13.4. The smallest absolute Gasteiger partial charge is 0.410 e. The van der Waals surface area contributed by atoms with Crippen LogP contribution in [0, 0.1) is 0 Å². The van der Waals surface area contributed by atoms with Crippen LogP contribution in [-0.2, 0) is 41.7 Å². The lowest BCUT2D eigenvalue weighted by molar-refractivity contribution is 0.0234. The van der Waals surface area contributed by atoms with Gasteiger partial charge in [0, 0.05) is 92.3 Å². The Morgan fingerprint density at radius 3 is 1.62 bits per heavy atom. The Morgan fingerprint density at radius 2 is 1.15 bits per heavy atom. The number of ketones is 2. The summed E-state index contributed by atoms with van der Waals surface area (Å²) in [7, 11) is 0. The molecule has 0 aliphatic carbocycles. The van der Waals surface area contributed by atoms with Crippen molar-refractivity contribution in [3.63, 3.8) is 0 Å². The van der Waals surface area contributed by atoms with Crippen molar-refractivity contribution in [3.05, 3.63) is 131 Å². The van der Waals surface area contributed by atoms with E-state index in [-0.39, 0.29) is 52.3 Å². The van der Waals surface area contributed by atoms with Crippen molar-refractivity contribution < 1.29 is 28.2 Å². The Kier molecular flexibility index (Phi) is 17.0. The largest absolute Gasteiger partial charge is 0.444 e. The molecule has 0 saturated carbocycles. The van der Waals surface area contributed by atoms with Crippen LogP contribution in [0.25, 0.3) is 22.5 Å². The first-order chi connectivity index (χ1) is 38.6. The Balaban J connectivity index is 0.000000198. The number of benzene rings is 2. The molecule has 8 heterocycles. The fourth-order valence-electron chi connectivity index (χ4n) is 9.46. The normalized spacial score (nSPS) is 15.6. The fourth-order valence-corrected chi connectivity index (χ4v) is 9.46. The molecular weight excluding hydrogens is 1030 g/mol. The number of aryl methyl sites for hydroxylation is 2. The number of ether oxygens (including phenoxy) is 1. The lowest BCUT2D eigenvalue weighted by Crippen LogP contribution is -2.36. The van der Waals surface area contributed by atoms with E-state index < -0.39 is 11.7 Å². The molecule has 2 atom stereocenters. The molecule has 1 amide bonds. The second kappa shape index (κ2) is 24.1. The van der Waals surface area contributed by atoms with Crippen LogP contribution in [0.5, 0.6) is 0 Å². The molecule has 0 fully saturated rings. The number of fused-ring (bicyclic) bond motifs is 2. The van der Waals surface area contributed by atoms with Gasteiger partial charge in [-0.3, -0.25) is 19.0 Å². The molecule has 10 rings (SSSR count). The topological polar surface area (TPSA) is 265 Å². The first-order valence-corrected chi connectivity index (χ1v) is 27.5. The van der Waals surface area contributed by atoms with Crippen LogP contribution in [-0.4, -0.2) is 101 Å². The van der Waals surface area contributed by atoms with Gasteiger partial charge >= 0.3 is 6.09 Å². The summed E-state index contributed by atoms with van der Waals surface area (Å²) in [6, 6.07) is 16.1. The summed E-state index contributed by atoms with van der Waals surface area (Å²) in [5, 5.41) is 26.4. The van der Waals surface area contributed by atoms with Gasteiger partial charge in [-0.05, 0) is 112 Å². The molecule has 2 unspecified atom stereocenters. The third-order valence-electron chi connectivity index (χ3n) is 13.7. The number of carbonyl (C=O) groups excluding carboxylic acids is 3. The Morgan fingerprint density at radius 1 is 0.654 bits per heavy atom. The van der Waals surface area contributed by atoms with Crippen molar-refractivity contribution in [3.8, 4) is 22.5 Å². The summed E-state index contributed by atoms with van der Waals surface area (Å²) in [5.41, 5.74) is 7.98. The van der Waals surface area contributed by atoms with Crippen LogP contribution in [0.4, 0.5) is 28.1 Å². The number of carbonyl (C=O) groups is 3. The molecule has 0 radical (unpaired) electrons. The van der Waals surface area contributed by atoms with Gasteiger partial charge in [0.15, 0.2) is 0 Å². The highest BCUT2D eigenvalue weighted by Crippen LogP contribution is 2.37. The molecule has 22 nitrogen and oxygen atoms in total. The van der Waals surface area contributed by atoms with Crippen molar-refractivity contribution in [2.45, 2.75) is 156 Å². The molecule has 2 aliphatic rings. The number of amides is 1. The first-order valence-electron chi connectivity index (χ1n) is 27.5. The van der Waals surface area contributed by atoms with E-state index in [9.17, 15) is 14.4 Å². The number of hydrogen-bond donors (Lipinski definition) is 3. The Hall–Kier alpha value is -8.53. The molecule has 22 heteroatoms. The van der Waals surface area contributed by atoms with Crippen LogP contribution in [0.15, 0.2) is 94.8 Å². The van der Waals surface area contributed by atoms with E-state index >= 15 is 0 Å². The molecule has 2 aromatic carbocycles. The van der Waals surface area contributed by atoms with Crippen LogP contribution < -0.4 is 16.0 Å². The van der Waals surface area contributed by atoms with E-state index in [1.165, 1.54) is 5.56 Å². The second-order valence-electron chi connectivity index (χ2n) is 23.4. The average molecular weight is 1100 g/mol. The summed E-state index contributed by atoms with van der Waals surface area (Å²) in [5.74, 6) is 1.70. The minimum Gasteiger partial charge on any atom is -0.444 e. The third-order valence-corrected chi connectivity index (χ3v) is 13.7. The summed E-state index contributed by atoms with van der Waals surface area (Å²) in [4.78, 5) is 68.2. The predicted molar refractivity (Wildman–Crippen MR) is 304 cm³/mol. The molecule has 0 saturated heterocycles. The van der Waals surface area contributed by atoms with Crippen molar-refractivity contribution in [2.75, 3.05) is 23.7 Å². The Bertz CT molecular complexity index is 3500. The van der Waals surface area contributed by atoms with Crippen LogP contribution in [0.2, 0.25) is 0 Å². The van der Waals surface area contributed by atoms with E-state index in [2.05, 4.69) is 74.6 Å². The van der Waals surface area contributed by atoms with Crippen molar-refractivity contribution in [2.24, 2.45) is 0 Å². The van der Waals surface area contributed by atoms with E-state index in [1.807, 2.05) is 128 Å². The number of rotatable bonds is 14. The van der Waals surface area contributed by atoms with E-state index in [1.54, 1.807) is 29.7 Å². The maximum atomic E-state index is 13.4. The summed E-state index contributed by atoms with van der Waals surface area (Å²) in [6.45, 7) is 25.3.